The number of benzene rings is 1. The first-order valence-electron chi connectivity index (χ1n) is 6.52. The summed E-state index contributed by atoms with van der Waals surface area (Å²) < 4.78 is 1.31. The van der Waals surface area contributed by atoms with Crippen LogP contribution in [0.5, 0.6) is 0 Å². The number of anilines is 2. The second-order valence-electron chi connectivity index (χ2n) is 4.73. The highest BCUT2D eigenvalue weighted by atomic mass is 35.5. The fraction of sp³-hybridized carbons (Fsp3) is 0.0667. The van der Waals surface area contributed by atoms with Gasteiger partial charge in [-0.3, -0.25) is 9.20 Å². The van der Waals surface area contributed by atoms with Crippen LogP contribution < -0.4 is 16.3 Å². The summed E-state index contributed by atoms with van der Waals surface area (Å²) in [5, 5.41) is 13.1. The lowest BCUT2D eigenvalue weighted by atomic mass is 9.99. The molecular weight excluding hydrogens is 300 g/mol. The number of nitrogens with one attached hydrogen (secondary N) is 1. The largest absolute Gasteiger partial charge is 0.391 e. The lowest BCUT2D eigenvalue weighted by Crippen LogP contribution is -2.24. The van der Waals surface area contributed by atoms with Gasteiger partial charge < -0.3 is 10.4 Å². The number of fused-ring (bicyclic) bond motifs is 1. The van der Waals surface area contributed by atoms with Crippen LogP contribution in [0.1, 0.15) is 5.56 Å². The van der Waals surface area contributed by atoms with E-state index in [2.05, 4.69) is 10.3 Å². The fourth-order valence-corrected chi connectivity index (χ4v) is 2.33. The zero-order valence-corrected chi connectivity index (χ0v) is 12.2. The summed E-state index contributed by atoms with van der Waals surface area (Å²) in [6.45, 7) is -0.438. The van der Waals surface area contributed by atoms with Crippen LogP contribution in [0.15, 0.2) is 47.4 Å². The Morgan fingerprint density at radius 3 is 2.86 bits per heavy atom. The summed E-state index contributed by atoms with van der Waals surface area (Å²) in [4.78, 5) is 16.8. The molecule has 3 rings (SSSR count). The molecule has 0 aliphatic heterocycles. The molecule has 108 valence electrons. The van der Waals surface area contributed by atoms with Crippen molar-refractivity contribution >= 4 is 42.1 Å². The van der Waals surface area contributed by atoms with Crippen molar-refractivity contribution in [3.05, 3.63) is 63.5 Å². The highest BCUT2D eigenvalue weighted by molar-refractivity contribution is 6.32. The second kappa shape index (κ2) is 5.83. The number of aliphatic hydroxyl groups excluding tert-OH is 1. The van der Waals surface area contributed by atoms with Crippen molar-refractivity contribution in [2.75, 3.05) is 5.32 Å². The van der Waals surface area contributed by atoms with Gasteiger partial charge in [0.15, 0.2) is 0 Å². The van der Waals surface area contributed by atoms with Gasteiger partial charge in [-0.25, -0.2) is 4.98 Å². The molecule has 2 heterocycles. The monoisotopic (exact) mass is 311 g/mol. The third-order valence-electron chi connectivity index (χ3n) is 3.18. The number of halogens is 1. The van der Waals surface area contributed by atoms with E-state index in [1.807, 2.05) is 0 Å². The first-order valence-corrected chi connectivity index (χ1v) is 6.90. The molecule has 22 heavy (non-hydrogen) atoms. The minimum absolute atomic E-state index is 0.156. The molecule has 0 spiro atoms. The molecule has 0 aliphatic rings. The second-order valence-corrected chi connectivity index (χ2v) is 5.16. The first kappa shape index (κ1) is 14.6. The predicted octanol–water partition coefficient (Wildman–Crippen LogP) is 1.38. The highest BCUT2D eigenvalue weighted by Crippen LogP contribution is 2.20. The van der Waals surface area contributed by atoms with Gasteiger partial charge in [0.05, 0.1) is 12.2 Å². The van der Waals surface area contributed by atoms with Crippen LogP contribution in [0.3, 0.4) is 0 Å². The number of hydrogen-bond donors (Lipinski definition) is 2. The number of aromatic nitrogens is 2. The van der Waals surface area contributed by atoms with E-state index >= 15 is 0 Å². The predicted molar refractivity (Wildman–Crippen MR) is 87.5 cm³/mol. The summed E-state index contributed by atoms with van der Waals surface area (Å²) in [7, 11) is 5.68. The zero-order chi connectivity index (χ0) is 15.7. The molecule has 2 N–H and O–H groups in total. The Kier molecular flexibility index (Phi) is 3.87. The molecule has 0 saturated heterocycles. The number of nitrogens with zero attached hydrogens (tertiary/aromatic N) is 2. The smallest absolute Gasteiger partial charge is 0.265 e. The van der Waals surface area contributed by atoms with Crippen molar-refractivity contribution in [1.29, 1.82) is 0 Å². The zero-order valence-electron chi connectivity index (χ0n) is 11.5. The van der Waals surface area contributed by atoms with Crippen LogP contribution in [-0.2, 0) is 6.61 Å². The molecular formula is C15H11BClN3O2. The molecule has 0 unspecified atom stereocenters. The van der Waals surface area contributed by atoms with E-state index in [0.29, 0.717) is 27.6 Å². The SMILES string of the molecule is [B]c1ccc2nc(Nc3cccc(Cl)c3)c(CO)c(=O)n2c1. The van der Waals surface area contributed by atoms with E-state index in [9.17, 15) is 9.90 Å². The van der Waals surface area contributed by atoms with Crippen LogP contribution >= 0.6 is 11.6 Å². The van der Waals surface area contributed by atoms with Gasteiger partial charge in [-0.1, -0.05) is 29.2 Å². The van der Waals surface area contributed by atoms with Crippen molar-refractivity contribution in [3.8, 4) is 0 Å². The van der Waals surface area contributed by atoms with E-state index in [4.69, 9.17) is 19.4 Å². The molecule has 2 aromatic heterocycles. The highest BCUT2D eigenvalue weighted by Gasteiger charge is 2.12. The summed E-state index contributed by atoms with van der Waals surface area (Å²) in [6, 6.07) is 10.3. The van der Waals surface area contributed by atoms with Crippen LogP contribution in [0, 0.1) is 0 Å². The lowest BCUT2D eigenvalue weighted by molar-refractivity contribution is 0.280. The van der Waals surface area contributed by atoms with E-state index in [1.165, 1.54) is 10.6 Å². The molecule has 0 aliphatic carbocycles. The van der Waals surface area contributed by atoms with E-state index in [1.54, 1.807) is 36.4 Å². The van der Waals surface area contributed by atoms with Gasteiger partial charge in [-0.15, -0.1) is 0 Å². The van der Waals surface area contributed by atoms with Gasteiger partial charge in [-0.05, 0) is 24.3 Å². The molecule has 2 radical (unpaired) electrons. The van der Waals surface area contributed by atoms with Crippen molar-refractivity contribution in [3.63, 3.8) is 0 Å². The number of aliphatic hydroxyl groups is 1. The van der Waals surface area contributed by atoms with Gasteiger partial charge in [0.2, 0.25) is 0 Å². The van der Waals surface area contributed by atoms with Crippen LogP contribution in [0.4, 0.5) is 11.5 Å². The van der Waals surface area contributed by atoms with Crippen molar-refractivity contribution < 1.29 is 5.11 Å². The summed E-state index contributed by atoms with van der Waals surface area (Å²) in [6.07, 6.45) is 1.48. The average Bonchev–Trinajstić information content (AvgIpc) is 2.49. The van der Waals surface area contributed by atoms with Crippen molar-refractivity contribution in [2.45, 2.75) is 6.61 Å². The normalized spacial score (nSPS) is 10.8. The number of rotatable bonds is 3. The molecule has 0 saturated carbocycles. The molecule has 7 heteroatoms. The maximum atomic E-state index is 12.4. The van der Waals surface area contributed by atoms with Crippen molar-refractivity contribution in [1.82, 2.24) is 9.38 Å². The maximum absolute atomic E-state index is 12.4. The Balaban J connectivity index is 2.16. The van der Waals surface area contributed by atoms with Gasteiger partial charge >= 0.3 is 0 Å². The minimum atomic E-state index is -0.438. The number of pyridine rings is 1. The van der Waals surface area contributed by atoms with Gasteiger partial charge in [0.25, 0.3) is 5.56 Å². The lowest BCUT2D eigenvalue weighted by Gasteiger charge is -2.12. The van der Waals surface area contributed by atoms with Gasteiger partial charge in [0, 0.05) is 16.9 Å². The molecule has 0 atom stereocenters. The van der Waals surface area contributed by atoms with Crippen LogP contribution in [0.2, 0.25) is 5.02 Å². The molecule has 0 bridgehead atoms. The summed E-state index contributed by atoms with van der Waals surface area (Å²) in [5.74, 6) is 0.291. The molecule has 0 fully saturated rings. The average molecular weight is 312 g/mol. The Morgan fingerprint density at radius 1 is 1.32 bits per heavy atom. The summed E-state index contributed by atoms with van der Waals surface area (Å²) in [5.41, 5.74) is 1.33. The number of hydrogen-bond acceptors (Lipinski definition) is 4. The van der Waals surface area contributed by atoms with Gasteiger partial charge in [-0.2, -0.15) is 0 Å². The third-order valence-corrected chi connectivity index (χ3v) is 3.42. The standard InChI is InChI=1S/C15H11BClN3O2/c16-9-4-5-13-19-14(12(8-21)15(22)20(13)7-9)18-11-3-1-2-10(17)6-11/h1-7,18,21H,8H2. The van der Waals surface area contributed by atoms with Crippen molar-refractivity contribution in [2.24, 2.45) is 0 Å². The van der Waals surface area contributed by atoms with Crippen LogP contribution in [-0.4, -0.2) is 22.3 Å². The Labute approximate surface area is 132 Å². The molecule has 3 aromatic rings. The van der Waals surface area contributed by atoms with Crippen LogP contribution in [0.25, 0.3) is 5.65 Å². The third kappa shape index (κ3) is 2.71. The molecule has 0 amide bonds. The fourth-order valence-electron chi connectivity index (χ4n) is 2.14. The van der Waals surface area contributed by atoms with Gasteiger partial charge in [0.1, 0.15) is 19.3 Å². The van der Waals surface area contributed by atoms with E-state index in [-0.39, 0.29) is 11.1 Å². The Morgan fingerprint density at radius 2 is 2.14 bits per heavy atom. The minimum Gasteiger partial charge on any atom is -0.391 e. The van der Waals surface area contributed by atoms with E-state index < -0.39 is 6.61 Å². The topological polar surface area (TPSA) is 66.6 Å². The Hall–Kier alpha value is -2.31. The van der Waals surface area contributed by atoms with E-state index in [0.717, 1.165) is 0 Å². The summed E-state index contributed by atoms with van der Waals surface area (Å²) >= 11 is 5.94. The first-order chi connectivity index (χ1) is 10.6. The molecule has 5 nitrogen and oxygen atoms in total. The quantitative estimate of drug-likeness (QED) is 0.717. The maximum Gasteiger partial charge on any atom is 0.265 e. The molecule has 1 aromatic carbocycles. The Bertz CT molecular complexity index is 911.